The summed E-state index contributed by atoms with van der Waals surface area (Å²) in [6, 6.07) is 35.6. The quantitative estimate of drug-likeness (QED) is 0.253. The summed E-state index contributed by atoms with van der Waals surface area (Å²) in [5.41, 5.74) is 18.6. The topological polar surface area (TPSA) is 40.6 Å². The highest BCUT2D eigenvalue weighted by molar-refractivity contribution is 7.02. The largest absolute Gasteiger partial charge is 0.309 e. The minimum atomic E-state index is 0.0798. The van der Waals surface area contributed by atoms with Gasteiger partial charge in [-0.15, -0.1) is 0 Å². The van der Waals surface area contributed by atoms with E-state index in [1.807, 2.05) is 0 Å². The Kier molecular flexibility index (Phi) is 3.52. The number of benzene rings is 5. The number of para-hydroxylation sites is 2. The van der Waals surface area contributed by atoms with E-state index >= 15 is 0 Å². The first-order valence-corrected chi connectivity index (χ1v) is 14.6. The highest BCUT2D eigenvalue weighted by Crippen LogP contribution is 2.46. The fourth-order valence-corrected chi connectivity index (χ4v) is 8.49. The maximum Gasteiger partial charge on any atom is 0.254 e. The average Bonchev–Trinajstić information content (AvgIpc) is 3.64. The van der Waals surface area contributed by atoms with Gasteiger partial charge < -0.3 is 4.57 Å². The minimum absolute atomic E-state index is 0.0798. The van der Waals surface area contributed by atoms with Crippen molar-refractivity contribution in [3.63, 3.8) is 0 Å². The van der Waals surface area contributed by atoms with E-state index in [4.69, 9.17) is 9.97 Å². The summed E-state index contributed by atoms with van der Waals surface area (Å²) in [7, 11) is 0. The Bertz CT molecular complexity index is 2550. The van der Waals surface area contributed by atoms with Gasteiger partial charge in [-0.3, -0.25) is 9.13 Å². The van der Waals surface area contributed by atoms with Crippen LogP contribution in [0.25, 0.3) is 72.4 Å². The number of nitrogens with zero attached hydrogens (tertiary/aromatic N) is 5. The lowest BCUT2D eigenvalue weighted by molar-refractivity contribution is 0.981. The molecule has 3 aliphatic rings. The van der Waals surface area contributed by atoms with Crippen LogP contribution >= 0.6 is 0 Å². The van der Waals surface area contributed by atoms with Crippen molar-refractivity contribution in [2.75, 3.05) is 0 Å². The molecule has 5 nitrogen and oxygen atoms in total. The molecule has 3 aliphatic heterocycles. The molecule has 11 rings (SSSR count). The zero-order chi connectivity index (χ0) is 27.4. The first kappa shape index (κ1) is 21.4. The highest BCUT2D eigenvalue weighted by atomic mass is 15.1. The van der Waals surface area contributed by atoms with Crippen molar-refractivity contribution in [3.8, 4) is 39.4 Å². The van der Waals surface area contributed by atoms with Crippen molar-refractivity contribution < 1.29 is 0 Å². The standard InChI is InChI=1S/C36H22BN5/c1-19-38-25-17-15-23-30-22-11-6-7-12-27(22)42(21-9-4-3-5-10-21)34(30)24-16-18-26-36-32(24)37-31(23)35(25)40(19)28-13-8-14-29(33(28)37)41(36)20(2)39-26/h3-18H,1-2H3. The van der Waals surface area contributed by atoms with Crippen LogP contribution in [-0.2, 0) is 0 Å². The Morgan fingerprint density at radius 2 is 1.17 bits per heavy atom. The number of hydrogen-bond acceptors (Lipinski definition) is 2. The van der Waals surface area contributed by atoms with Crippen LogP contribution in [-0.4, -0.2) is 30.4 Å². The molecule has 0 amide bonds. The van der Waals surface area contributed by atoms with Gasteiger partial charge in [0.05, 0.1) is 33.3 Å². The zero-order valence-electron chi connectivity index (χ0n) is 23.1. The molecule has 6 heterocycles. The Hall–Kier alpha value is -5.36. The summed E-state index contributed by atoms with van der Waals surface area (Å²) in [6.45, 7) is 4.35. The second-order valence-electron chi connectivity index (χ2n) is 11.8. The Morgan fingerprint density at radius 3 is 1.88 bits per heavy atom. The molecule has 0 saturated carbocycles. The average molecular weight is 535 g/mol. The summed E-state index contributed by atoms with van der Waals surface area (Å²) in [5.74, 6) is 2.04. The van der Waals surface area contributed by atoms with Crippen LogP contribution in [0.4, 0.5) is 0 Å². The summed E-state index contributed by atoms with van der Waals surface area (Å²) in [4.78, 5) is 10.2. The van der Waals surface area contributed by atoms with Crippen molar-refractivity contribution >= 4 is 56.1 Å². The predicted octanol–water partition coefficient (Wildman–Crippen LogP) is 5.72. The van der Waals surface area contributed by atoms with Gasteiger partial charge >= 0.3 is 0 Å². The van der Waals surface area contributed by atoms with Crippen LogP contribution in [0.5, 0.6) is 0 Å². The van der Waals surface area contributed by atoms with E-state index in [1.54, 1.807) is 0 Å². The molecule has 0 bridgehead atoms. The van der Waals surface area contributed by atoms with E-state index in [0.717, 1.165) is 22.7 Å². The lowest BCUT2D eigenvalue weighted by atomic mass is 9.33. The molecule has 5 aromatic carbocycles. The number of rotatable bonds is 1. The van der Waals surface area contributed by atoms with Crippen molar-refractivity contribution in [1.29, 1.82) is 0 Å². The van der Waals surface area contributed by atoms with Gasteiger partial charge in [0.2, 0.25) is 0 Å². The SMILES string of the molecule is Cc1nc2ccc3c4c2n1-c1cccc2c1B4c1c(ccc4nc(C)n-2c14)-c1c-3c2ccccc2n1-c1ccccc1. The van der Waals surface area contributed by atoms with Crippen LogP contribution in [0.3, 0.4) is 0 Å². The van der Waals surface area contributed by atoms with Crippen molar-refractivity contribution in [1.82, 2.24) is 23.7 Å². The van der Waals surface area contributed by atoms with Gasteiger partial charge in [0.1, 0.15) is 11.6 Å². The van der Waals surface area contributed by atoms with Gasteiger partial charge in [0.15, 0.2) is 0 Å². The van der Waals surface area contributed by atoms with Crippen LogP contribution < -0.4 is 16.4 Å². The molecule has 194 valence electrons. The molecule has 0 N–H and O–H groups in total. The Morgan fingerprint density at radius 1 is 0.548 bits per heavy atom. The molecule has 0 saturated heterocycles. The second-order valence-corrected chi connectivity index (χ2v) is 11.8. The van der Waals surface area contributed by atoms with Crippen LogP contribution in [0, 0.1) is 13.8 Å². The van der Waals surface area contributed by atoms with Gasteiger partial charge in [0.25, 0.3) is 6.71 Å². The van der Waals surface area contributed by atoms with Crippen LogP contribution in [0.1, 0.15) is 11.6 Å². The number of imidazole rings is 2. The van der Waals surface area contributed by atoms with E-state index in [2.05, 4.69) is 125 Å². The third-order valence-corrected chi connectivity index (χ3v) is 9.87. The minimum Gasteiger partial charge on any atom is -0.309 e. The Balaban J connectivity index is 1.48. The maximum absolute atomic E-state index is 5.11. The fraction of sp³-hybridized carbons (Fsp3) is 0.0556. The predicted molar refractivity (Wildman–Crippen MR) is 171 cm³/mol. The molecular formula is C36H22BN5. The monoisotopic (exact) mass is 535 g/mol. The third kappa shape index (κ3) is 2.20. The fourth-order valence-electron chi connectivity index (χ4n) is 8.49. The summed E-state index contributed by atoms with van der Waals surface area (Å²) < 4.78 is 7.29. The van der Waals surface area contributed by atoms with E-state index in [9.17, 15) is 0 Å². The molecule has 0 unspecified atom stereocenters. The smallest absolute Gasteiger partial charge is 0.254 e. The van der Waals surface area contributed by atoms with Crippen molar-refractivity contribution in [2.45, 2.75) is 13.8 Å². The van der Waals surface area contributed by atoms with E-state index in [1.165, 1.54) is 77.8 Å². The molecule has 6 heteroatoms. The molecule has 42 heavy (non-hydrogen) atoms. The van der Waals surface area contributed by atoms with Crippen LogP contribution in [0.2, 0.25) is 0 Å². The summed E-state index contributed by atoms with van der Waals surface area (Å²) >= 11 is 0. The van der Waals surface area contributed by atoms with Crippen molar-refractivity contribution in [3.05, 3.63) is 109 Å². The molecule has 8 aromatic rings. The second kappa shape index (κ2) is 6.92. The van der Waals surface area contributed by atoms with Crippen molar-refractivity contribution in [2.24, 2.45) is 0 Å². The first-order chi connectivity index (χ1) is 20.7. The third-order valence-electron chi connectivity index (χ3n) is 9.87. The molecule has 0 fully saturated rings. The Labute approximate surface area is 241 Å². The normalized spacial score (nSPS) is 13.4. The molecule has 0 aliphatic carbocycles. The van der Waals surface area contributed by atoms with Gasteiger partial charge in [0, 0.05) is 28.0 Å². The first-order valence-electron chi connectivity index (χ1n) is 14.6. The van der Waals surface area contributed by atoms with E-state index in [-0.39, 0.29) is 6.71 Å². The van der Waals surface area contributed by atoms with E-state index < -0.39 is 0 Å². The van der Waals surface area contributed by atoms with Gasteiger partial charge in [-0.05, 0) is 83.8 Å². The number of aromatic nitrogens is 5. The summed E-state index contributed by atoms with van der Waals surface area (Å²) in [6.07, 6.45) is 0. The maximum atomic E-state index is 5.11. The highest BCUT2D eigenvalue weighted by Gasteiger charge is 2.46. The van der Waals surface area contributed by atoms with Gasteiger partial charge in [-0.1, -0.05) is 54.6 Å². The van der Waals surface area contributed by atoms with Gasteiger partial charge in [-0.2, -0.15) is 0 Å². The molecule has 0 atom stereocenters. The summed E-state index contributed by atoms with van der Waals surface area (Å²) in [5, 5.41) is 1.27. The lowest BCUT2D eigenvalue weighted by Gasteiger charge is -2.34. The molecule has 0 radical (unpaired) electrons. The zero-order valence-corrected chi connectivity index (χ0v) is 23.1. The van der Waals surface area contributed by atoms with Gasteiger partial charge in [-0.25, -0.2) is 9.97 Å². The van der Waals surface area contributed by atoms with Crippen LogP contribution in [0.15, 0.2) is 97.1 Å². The van der Waals surface area contributed by atoms with E-state index in [0.29, 0.717) is 0 Å². The number of hydrogen-bond donors (Lipinski definition) is 0. The lowest BCUT2D eigenvalue weighted by Crippen LogP contribution is -2.60. The molecular weight excluding hydrogens is 513 g/mol. The number of fused-ring (bicyclic) bond motifs is 7. The number of aryl methyl sites for hydroxylation is 2. The molecule has 3 aromatic heterocycles. The molecule has 0 spiro atoms.